The average Bonchev–Trinajstić information content (AvgIpc) is 2.97. The first kappa shape index (κ1) is 17.9. The molecule has 0 aromatic heterocycles. The molecule has 0 amide bonds. The van der Waals surface area contributed by atoms with Gasteiger partial charge >= 0.3 is 5.97 Å². The highest BCUT2D eigenvalue weighted by Gasteiger charge is 2.39. The molecular weight excluding hydrogens is 326 g/mol. The number of carbonyl (C=O) groups is 1. The van der Waals surface area contributed by atoms with E-state index in [1.165, 1.54) is 0 Å². The van der Waals surface area contributed by atoms with Crippen LogP contribution in [0.3, 0.4) is 0 Å². The molecule has 2 aromatic rings. The van der Waals surface area contributed by atoms with E-state index >= 15 is 0 Å². The van der Waals surface area contributed by atoms with Gasteiger partial charge in [-0.3, -0.25) is 0 Å². The minimum Gasteiger partial charge on any atom is -0.449 e. The number of nitrogens with zero attached hydrogens (tertiary/aromatic N) is 1. The number of benzene rings is 2. The predicted molar refractivity (Wildman–Crippen MR) is 101 cm³/mol. The Bertz CT molecular complexity index is 817. The molecule has 0 aliphatic carbocycles. The van der Waals surface area contributed by atoms with Gasteiger partial charge in [-0.2, -0.15) is 0 Å². The molecule has 1 heterocycles. The fraction of sp³-hybridized carbons (Fsp3) is 0.273. The zero-order valence-corrected chi connectivity index (χ0v) is 15.3. The van der Waals surface area contributed by atoms with Gasteiger partial charge in [0.1, 0.15) is 6.61 Å². The van der Waals surface area contributed by atoms with Crippen molar-refractivity contribution < 1.29 is 14.4 Å². The number of hydrogen-bond acceptors (Lipinski definition) is 4. The van der Waals surface area contributed by atoms with Crippen LogP contribution in [0.25, 0.3) is 0 Å². The van der Waals surface area contributed by atoms with E-state index in [2.05, 4.69) is 5.16 Å². The summed E-state index contributed by atoms with van der Waals surface area (Å²) in [7, 11) is 0. The molecule has 0 bridgehead atoms. The Morgan fingerprint density at radius 2 is 1.65 bits per heavy atom. The number of cyclic esters (lactones) is 1. The Morgan fingerprint density at radius 1 is 1.04 bits per heavy atom. The summed E-state index contributed by atoms with van der Waals surface area (Å²) in [5.74, 6) is -0.295. The number of esters is 1. The highest BCUT2D eigenvalue weighted by Crippen LogP contribution is 2.41. The van der Waals surface area contributed by atoms with Crippen LogP contribution in [0.1, 0.15) is 38.0 Å². The molecule has 0 saturated carbocycles. The van der Waals surface area contributed by atoms with Gasteiger partial charge in [0.15, 0.2) is 6.10 Å². The van der Waals surface area contributed by atoms with Gasteiger partial charge in [0.2, 0.25) is 0 Å². The molecule has 0 N–H and O–H groups in total. The van der Waals surface area contributed by atoms with E-state index < -0.39 is 6.10 Å². The van der Waals surface area contributed by atoms with Crippen molar-refractivity contribution in [2.45, 2.75) is 33.5 Å². The Morgan fingerprint density at radius 3 is 2.27 bits per heavy atom. The fourth-order valence-corrected chi connectivity index (χ4v) is 3.01. The van der Waals surface area contributed by atoms with E-state index in [1.54, 1.807) is 6.21 Å². The maximum absolute atomic E-state index is 12.5. The highest BCUT2D eigenvalue weighted by atomic mass is 16.6. The molecule has 1 aliphatic heterocycles. The fourth-order valence-electron chi connectivity index (χ4n) is 3.01. The average molecular weight is 349 g/mol. The van der Waals surface area contributed by atoms with E-state index in [0.29, 0.717) is 12.2 Å². The Labute approximate surface area is 154 Å². The van der Waals surface area contributed by atoms with Gasteiger partial charge in [0.25, 0.3) is 0 Å². The first-order chi connectivity index (χ1) is 12.5. The monoisotopic (exact) mass is 349 g/mol. The lowest BCUT2D eigenvalue weighted by Gasteiger charge is -2.18. The van der Waals surface area contributed by atoms with Crippen molar-refractivity contribution in [1.29, 1.82) is 0 Å². The molecule has 26 heavy (non-hydrogen) atoms. The first-order valence-corrected chi connectivity index (χ1v) is 8.66. The van der Waals surface area contributed by atoms with Crippen molar-refractivity contribution in [3.63, 3.8) is 0 Å². The number of ether oxygens (including phenoxy) is 1. The van der Waals surface area contributed by atoms with E-state index in [4.69, 9.17) is 9.57 Å². The van der Waals surface area contributed by atoms with Crippen molar-refractivity contribution in [2.24, 2.45) is 10.6 Å². The standard InChI is InChI=1S/C22H23NO3/c1-22(2,3)19-18(14-23-25-15-16-10-6-4-7-11-16)20(26-21(19)24)17-12-8-5-9-13-17/h4-14,20H,15H2,1-3H3/b23-14+. The van der Waals surface area contributed by atoms with E-state index in [0.717, 1.165) is 16.7 Å². The molecule has 1 unspecified atom stereocenters. The van der Waals surface area contributed by atoms with E-state index in [9.17, 15) is 4.79 Å². The second-order valence-corrected chi connectivity index (χ2v) is 7.27. The van der Waals surface area contributed by atoms with Crippen molar-refractivity contribution in [3.8, 4) is 0 Å². The van der Waals surface area contributed by atoms with Crippen LogP contribution in [0.2, 0.25) is 0 Å². The quantitative estimate of drug-likeness (QED) is 0.441. The van der Waals surface area contributed by atoms with Crippen LogP contribution in [0.4, 0.5) is 0 Å². The topological polar surface area (TPSA) is 47.9 Å². The predicted octanol–water partition coefficient (Wildman–Crippen LogP) is 4.83. The molecule has 0 fully saturated rings. The molecule has 2 aromatic carbocycles. The van der Waals surface area contributed by atoms with Gasteiger partial charge in [-0.05, 0) is 16.5 Å². The van der Waals surface area contributed by atoms with Crippen LogP contribution < -0.4 is 0 Å². The number of carbonyl (C=O) groups excluding carboxylic acids is 1. The summed E-state index contributed by atoms with van der Waals surface area (Å²) in [6.07, 6.45) is 1.16. The summed E-state index contributed by atoms with van der Waals surface area (Å²) >= 11 is 0. The van der Waals surface area contributed by atoms with Crippen LogP contribution in [-0.2, 0) is 21.0 Å². The zero-order chi connectivity index (χ0) is 18.6. The SMILES string of the molecule is CC(C)(C)C1=C(/C=N/OCc2ccccc2)C(c2ccccc2)OC1=O. The molecule has 3 rings (SSSR count). The molecule has 134 valence electrons. The lowest BCUT2D eigenvalue weighted by molar-refractivity contribution is -0.140. The molecular formula is C22H23NO3. The van der Waals surface area contributed by atoms with Crippen LogP contribution in [-0.4, -0.2) is 12.2 Å². The van der Waals surface area contributed by atoms with Crippen LogP contribution in [0.15, 0.2) is 77.0 Å². The normalized spacial score (nSPS) is 17.7. The molecule has 1 atom stereocenters. The summed E-state index contributed by atoms with van der Waals surface area (Å²) in [5.41, 5.74) is 3.00. The smallest absolute Gasteiger partial charge is 0.335 e. The molecule has 0 saturated heterocycles. The number of rotatable bonds is 5. The third kappa shape index (κ3) is 4.02. The lowest BCUT2D eigenvalue weighted by atomic mass is 9.83. The summed E-state index contributed by atoms with van der Waals surface area (Å²) in [6.45, 7) is 6.36. The Kier molecular flexibility index (Phi) is 5.21. The van der Waals surface area contributed by atoms with Crippen molar-refractivity contribution in [3.05, 3.63) is 82.9 Å². The van der Waals surface area contributed by atoms with Gasteiger partial charge in [-0.15, -0.1) is 0 Å². The maximum Gasteiger partial charge on any atom is 0.335 e. The van der Waals surface area contributed by atoms with Crippen LogP contribution >= 0.6 is 0 Å². The van der Waals surface area contributed by atoms with Gasteiger partial charge < -0.3 is 9.57 Å². The molecule has 0 radical (unpaired) electrons. The van der Waals surface area contributed by atoms with Crippen molar-refractivity contribution in [2.75, 3.05) is 0 Å². The summed E-state index contributed by atoms with van der Waals surface area (Å²) < 4.78 is 5.65. The number of oxime groups is 1. The molecule has 4 nitrogen and oxygen atoms in total. The van der Waals surface area contributed by atoms with Gasteiger partial charge in [0, 0.05) is 5.57 Å². The van der Waals surface area contributed by atoms with Crippen molar-refractivity contribution >= 4 is 12.2 Å². The Balaban J connectivity index is 1.85. The van der Waals surface area contributed by atoms with E-state index in [1.807, 2.05) is 81.4 Å². The van der Waals surface area contributed by atoms with Gasteiger partial charge in [-0.1, -0.05) is 86.6 Å². The largest absolute Gasteiger partial charge is 0.449 e. The second-order valence-electron chi connectivity index (χ2n) is 7.27. The second kappa shape index (κ2) is 7.56. The van der Waals surface area contributed by atoms with Gasteiger partial charge in [-0.25, -0.2) is 4.79 Å². The molecule has 4 heteroatoms. The maximum atomic E-state index is 12.5. The summed E-state index contributed by atoms with van der Waals surface area (Å²) in [5, 5.41) is 4.11. The Hall–Kier alpha value is -2.88. The third-order valence-electron chi connectivity index (χ3n) is 4.19. The van der Waals surface area contributed by atoms with Crippen LogP contribution in [0, 0.1) is 5.41 Å². The number of hydrogen-bond donors (Lipinski definition) is 0. The van der Waals surface area contributed by atoms with Crippen LogP contribution in [0.5, 0.6) is 0 Å². The molecule has 1 aliphatic rings. The first-order valence-electron chi connectivity index (χ1n) is 8.66. The van der Waals surface area contributed by atoms with Gasteiger partial charge in [0.05, 0.1) is 11.8 Å². The van der Waals surface area contributed by atoms with E-state index in [-0.39, 0.29) is 11.4 Å². The zero-order valence-electron chi connectivity index (χ0n) is 15.3. The summed E-state index contributed by atoms with van der Waals surface area (Å²) in [6, 6.07) is 19.5. The van der Waals surface area contributed by atoms with Crippen molar-refractivity contribution in [1.82, 2.24) is 0 Å². The minimum atomic E-state index is -0.456. The minimum absolute atomic E-state index is 0.295. The summed E-state index contributed by atoms with van der Waals surface area (Å²) in [4.78, 5) is 17.9. The lowest BCUT2D eigenvalue weighted by Crippen LogP contribution is -2.16. The highest BCUT2D eigenvalue weighted by molar-refractivity contribution is 6.01. The third-order valence-corrected chi connectivity index (χ3v) is 4.19. The molecule has 0 spiro atoms.